The normalized spacial score (nSPS) is 13.5. The Hall–Kier alpha value is -1.75. The van der Waals surface area contributed by atoms with E-state index in [1.807, 2.05) is 14.1 Å². The Morgan fingerprint density at radius 1 is 1.28 bits per heavy atom. The number of carbonyl (C=O) groups is 1. The summed E-state index contributed by atoms with van der Waals surface area (Å²) in [5.41, 5.74) is 0.494. The number of quaternary nitrogens is 1. The summed E-state index contributed by atoms with van der Waals surface area (Å²) in [6, 6.07) is 5.10. The fourth-order valence-electron chi connectivity index (χ4n) is 1.60. The number of rotatable bonds is 4. The average molecular weight is 252 g/mol. The molecule has 0 spiro atoms. The molecule has 0 saturated heterocycles. The molecule has 1 aromatic rings. The first kappa shape index (κ1) is 12.7. The number of fused-ring (bicyclic) bond motifs is 1. The van der Waals surface area contributed by atoms with Crippen LogP contribution in [0.4, 0.5) is 0 Å². The van der Waals surface area contributed by atoms with Crippen molar-refractivity contribution in [1.82, 2.24) is 0 Å². The first-order chi connectivity index (χ1) is 8.66. The number of likely N-dealkylation sites (N-methyl/N-ethyl adjacent to an activating group) is 1. The average Bonchev–Trinajstić information content (AvgIpc) is 2.37. The van der Waals surface area contributed by atoms with E-state index in [1.54, 1.807) is 18.2 Å². The van der Waals surface area contributed by atoms with Crippen molar-refractivity contribution in [3.05, 3.63) is 23.8 Å². The van der Waals surface area contributed by atoms with Gasteiger partial charge in [0.1, 0.15) is 26.4 Å². The van der Waals surface area contributed by atoms with Gasteiger partial charge in [0.05, 0.1) is 19.7 Å². The molecule has 0 radical (unpaired) electrons. The molecule has 18 heavy (non-hydrogen) atoms. The highest BCUT2D eigenvalue weighted by Gasteiger charge is 2.15. The molecule has 5 nitrogen and oxygen atoms in total. The van der Waals surface area contributed by atoms with Gasteiger partial charge in [-0.25, -0.2) is 4.79 Å². The van der Waals surface area contributed by atoms with Crippen LogP contribution >= 0.6 is 0 Å². The molecule has 0 aromatic heterocycles. The third-order valence-corrected chi connectivity index (χ3v) is 2.61. The number of esters is 1. The van der Waals surface area contributed by atoms with E-state index in [4.69, 9.17) is 14.2 Å². The maximum Gasteiger partial charge on any atom is 0.338 e. The molecule has 0 aliphatic carbocycles. The molecule has 1 aliphatic heterocycles. The molecule has 0 fully saturated rings. The highest BCUT2D eigenvalue weighted by molar-refractivity contribution is 5.90. The highest BCUT2D eigenvalue weighted by atomic mass is 16.6. The van der Waals surface area contributed by atoms with Gasteiger partial charge in [0, 0.05) is 0 Å². The van der Waals surface area contributed by atoms with Gasteiger partial charge in [-0.2, -0.15) is 0 Å². The van der Waals surface area contributed by atoms with Crippen LogP contribution in [-0.2, 0) is 4.74 Å². The molecule has 0 saturated carbocycles. The summed E-state index contributed by atoms with van der Waals surface area (Å²) in [7, 11) is 4.02. The quantitative estimate of drug-likeness (QED) is 0.751. The van der Waals surface area contributed by atoms with Crippen molar-refractivity contribution in [1.29, 1.82) is 0 Å². The smallest absolute Gasteiger partial charge is 0.338 e. The van der Waals surface area contributed by atoms with Crippen molar-refractivity contribution in [3.63, 3.8) is 0 Å². The number of ether oxygens (including phenoxy) is 3. The third-order valence-electron chi connectivity index (χ3n) is 2.61. The number of benzene rings is 1. The van der Waals surface area contributed by atoms with E-state index in [0.29, 0.717) is 36.9 Å². The Kier molecular flexibility index (Phi) is 4.04. The molecular formula is C13H18NO4+. The van der Waals surface area contributed by atoms with Crippen LogP contribution in [0.15, 0.2) is 18.2 Å². The zero-order chi connectivity index (χ0) is 13.0. The molecule has 0 amide bonds. The molecule has 1 N–H and O–H groups in total. The van der Waals surface area contributed by atoms with Crippen molar-refractivity contribution >= 4 is 5.97 Å². The second-order valence-electron chi connectivity index (χ2n) is 4.45. The lowest BCUT2D eigenvalue weighted by Crippen LogP contribution is -3.06. The summed E-state index contributed by atoms with van der Waals surface area (Å²) in [6.07, 6.45) is 0. The van der Waals surface area contributed by atoms with Gasteiger partial charge < -0.3 is 19.1 Å². The molecule has 1 aliphatic rings. The first-order valence-electron chi connectivity index (χ1n) is 6.02. The van der Waals surface area contributed by atoms with Crippen molar-refractivity contribution in [2.24, 2.45) is 0 Å². The number of hydrogen-bond donors (Lipinski definition) is 1. The summed E-state index contributed by atoms with van der Waals surface area (Å²) in [5, 5.41) is 0. The molecule has 0 bridgehead atoms. The molecule has 5 heteroatoms. The van der Waals surface area contributed by atoms with Crippen LogP contribution in [0.5, 0.6) is 11.5 Å². The number of hydrogen-bond acceptors (Lipinski definition) is 4. The summed E-state index contributed by atoms with van der Waals surface area (Å²) < 4.78 is 16.0. The Morgan fingerprint density at radius 3 is 2.72 bits per heavy atom. The summed E-state index contributed by atoms with van der Waals surface area (Å²) in [5.74, 6) is 0.956. The lowest BCUT2D eigenvalue weighted by molar-refractivity contribution is -0.858. The zero-order valence-corrected chi connectivity index (χ0v) is 10.7. The van der Waals surface area contributed by atoms with Crippen LogP contribution < -0.4 is 14.4 Å². The van der Waals surface area contributed by atoms with Crippen molar-refractivity contribution in [3.8, 4) is 11.5 Å². The Balaban J connectivity index is 1.98. The van der Waals surface area contributed by atoms with E-state index in [1.165, 1.54) is 4.90 Å². The molecule has 1 heterocycles. The van der Waals surface area contributed by atoms with Gasteiger partial charge in [-0.05, 0) is 18.2 Å². The van der Waals surface area contributed by atoms with Crippen LogP contribution in [0, 0.1) is 0 Å². The van der Waals surface area contributed by atoms with E-state index in [0.717, 1.165) is 6.54 Å². The van der Waals surface area contributed by atoms with Crippen LogP contribution in [0.25, 0.3) is 0 Å². The minimum Gasteiger partial charge on any atom is -0.486 e. The topological polar surface area (TPSA) is 49.2 Å². The van der Waals surface area contributed by atoms with Crippen molar-refractivity contribution in [2.45, 2.75) is 0 Å². The van der Waals surface area contributed by atoms with Gasteiger partial charge in [-0.15, -0.1) is 0 Å². The maximum absolute atomic E-state index is 11.8. The van der Waals surface area contributed by atoms with Crippen LogP contribution in [0.3, 0.4) is 0 Å². The number of carbonyl (C=O) groups excluding carboxylic acids is 1. The largest absolute Gasteiger partial charge is 0.486 e. The highest BCUT2D eigenvalue weighted by Crippen LogP contribution is 2.30. The van der Waals surface area contributed by atoms with Gasteiger partial charge in [0.25, 0.3) is 0 Å². The molecule has 98 valence electrons. The minimum atomic E-state index is -0.326. The molecular weight excluding hydrogens is 234 g/mol. The summed E-state index contributed by atoms with van der Waals surface area (Å²) in [6.45, 7) is 2.25. The number of nitrogens with one attached hydrogen (secondary N) is 1. The van der Waals surface area contributed by atoms with Gasteiger partial charge in [-0.3, -0.25) is 0 Å². The summed E-state index contributed by atoms with van der Waals surface area (Å²) >= 11 is 0. The lowest BCUT2D eigenvalue weighted by Gasteiger charge is -2.18. The third kappa shape index (κ3) is 3.13. The standard InChI is InChI=1S/C13H17NO4/c1-14(2)5-6-18-13(15)10-3-4-11-12(9-10)17-8-7-16-11/h3-4,9H,5-8H2,1-2H3/p+1. The molecule has 1 aromatic carbocycles. The Bertz CT molecular complexity index is 431. The fraction of sp³-hybridized carbons (Fsp3) is 0.462. The predicted octanol–water partition coefficient (Wildman–Crippen LogP) is -0.241. The van der Waals surface area contributed by atoms with Crippen LogP contribution in [0.1, 0.15) is 10.4 Å². The van der Waals surface area contributed by atoms with E-state index in [-0.39, 0.29) is 5.97 Å². The van der Waals surface area contributed by atoms with Gasteiger partial charge in [0.2, 0.25) is 0 Å². The molecule has 2 rings (SSSR count). The maximum atomic E-state index is 11.8. The van der Waals surface area contributed by atoms with Crippen LogP contribution in [0.2, 0.25) is 0 Å². The monoisotopic (exact) mass is 252 g/mol. The van der Waals surface area contributed by atoms with Crippen LogP contribution in [-0.4, -0.2) is 46.4 Å². The van der Waals surface area contributed by atoms with Gasteiger partial charge in [0.15, 0.2) is 11.5 Å². The first-order valence-corrected chi connectivity index (χ1v) is 6.02. The SMILES string of the molecule is C[NH+](C)CCOC(=O)c1ccc2c(c1)OCCO2. The predicted molar refractivity (Wildman–Crippen MR) is 65.4 cm³/mol. The van der Waals surface area contributed by atoms with Gasteiger partial charge in [-0.1, -0.05) is 0 Å². The second-order valence-corrected chi connectivity index (χ2v) is 4.45. The van der Waals surface area contributed by atoms with Crippen molar-refractivity contribution < 1.29 is 23.9 Å². The van der Waals surface area contributed by atoms with Gasteiger partial charge >= 0.3 is 5.97 Å². The zero-order valence-electron chi connectivity index (χ0n) is 10.7. The molecule has 0 atom stereocenters. The van der Waals surface area contributed by atoms with Crippen molar-refractivity contribution in [2.75, 3.05) is 40.5 Å². The molecule has 0 unspecified atom stereocenters. The van der Waals surface area contributed by atoms with E-state index in [2.05, 4.69) is 0 Å². The Labute approximate surface area is 106 Å². The Morgan fingerprint density at radius 2 is 2.00 bits per heavy atom. The van der Waals surface area contributed by atoms with E-state index >= 15 is 0 Å². The fourth-order valence-corrected chi connectivity index (χ4v) is 1.60. The second kappa shape index (κ2) is 5.73. The van der Waals surface area contributed by atoms with E-state index in [9.17, 15) is 4.79 Å². The van der Waals surface area contributed by atoms with E-state index < -0.39 is 0 Å². The minimum absolute atomic E-state index is 0.326. The lowest BCUT2D eigenvalue weighted by atomic mass is 10.2. The summed E-state index contributed by atoms with van der Waals surface area (Å²) in [4.78, 5) is 13.0.